The Hall–Kier alpha value is -2.50. The first-order valence-electron chi connectivity index (χ1n) is 8.36. The van der Waals surface area contributed by atoms with Crippen molar-refractivity contribution in [1.82, 2.24) is 5.16 Å². The Morgan fingerprint density at radius 3 is 2.54 bits per heavy atom. The number of anilines is 3. The summed E-state index contributed by atoms with van der Waals surface area (Å²) < 4.78 is 4.97. The van der Waals surface area contributed by atoms with Crippen LogP contribution in [0.3, 0.4) is 0 Å². The molecular formula is C18H26N4O2. The van der Waals surface area contributed by atoms with Gasteiger partial charge in [0.1, 0.15) is 5.76 Å². The van der Waals surface area contributed by atoms with Crippen LogP contribution in [0.4, 0.5) is 17.2 Å². The molecule has 0 saturated heterocycles. The standard InChI is InChI=1S/C18H26N4O2/c1-5-22(6-2)15-7-8-16(13(3)11-15)20-18(23)9-10-19-17-12-14(4)24-21-17/h7-8,11-12H,5-6,9-10H2,1-4H3,(H,19,21)(H,20,23). The van der Waals surface area contributed by atoms with Gasteiger partial charge in [-0.05, 0) is 51.5 Å². The Bertz CT molecular complexity index is 677. The van der Waals surface area contributed by atoms with E-state index in [4.69, 9.17) is 4.52 Å². The number of rotatable bonds is 8. The van der Waals surface area contributed by atoms with Crippen molar-refractivity contribution in [3.63, 3.8) is 0 Å². The second-order valence-electron chi connectivity index (χ2n) is 5.72. The van der Waals surface area contributed by atoms with Gasteiger partial charge in [-0.1, -0.05) is 5.16 Å². The lowest BCUT2D eigenvalue weighted by Crippen LogP contribution is -2.22. The molecule has 2 rings (SSSR count). The van der Waals surface area contributed by atoms with Crippen LogP contribution in [0.2, 0.25) is 0 Å². The molecule has 0 spiro atoms. The van der Waals surface area contributed by atoms with Crippen LogP contribution >= 0.6 is 0 Å². The molecule has 130 valence electrons. The van der Waals surface area contributed by atoms with Crippen LogP contribution in [0, 0.1) is 13.8 Å². The van der Waals surface area contributed by atoms with E-state index in [0.29, 0.717) is 18.8 Å². The summed E-state index contributed by atoms with van der Waals surface area (Å²) in [5.74, 6) is 1.37. The summed E-state index contributed by atoms with van der Waals surface area (Å²) in [5.41, 5.74) is 3.10. The topological polar surface area (TPSA) is 70.4 Å². The Balaban J connectivity index is 1.87. The van der Waals surface area contributed by atoms with Crippen LogP contribution in [0.15, 0.2) is 28.8 Å². The first-order valence-corrected chi connectivity index (χ1v) is 8.36. The highest BCUT2D eigenvalue weighted by Gasteiger charge is 2.08. The van der Waals surface area contributed by atoms with Gasteiger partial charge in [0.05, 0.1) is 0 Å². The molecule has 2 aromatic rings. The first-order chi connectivity index (χ1) is 11.5. The van der Waals surface area contributed by atoms with Gasteiger partial charge in [-0.15, -0.1) is 0 Å². The molecule has 1 heterocycles. The maximum Gasteiger partial charge on any atom is 0.226 e. The van der Waals surface area contributed by atoms with Gasteiger partial charge in [-0.25, -0.2) is 0 Å². The van der Waals surface area contributed by atoms with Crippen molar-refractivity contribution in [3.05, 3.63) is 35.6 Å². The molecule has 1 aromatic heterocycles. The summed E-state index contributed by atoms with van der Waals surface area (Å²) in [4.78, 5) is 14.4. The maximum atomic E-state index is 12.1. The Kier molecular flexibility index (Phi) is 6.23. The number of aromatic nitrogens is 1. The molecule has 0 bridgehead atoms. The van der Waals surface area contributed by atoms with Gasteiger partial charge in [0.25, 0.3) is 0 Å². The van der Waals surface area contributed by atoms with Crippen molar-refractivity contribution < 1.29 is 9.32 Å². The summed E-state index contributed by atoms with van der Waals surface area (Å²) in [6, 6.07) is 7.92. The minimum Gasteiger partial charge on any atom is -0.372 e. The molecule has 0 aliphatic heterocycles. The monoisotopic (exact) mass is 330 g/mol. The lowest BCUT2D eigenvalue weighted by atomic mass is 10.1. The zero-order valence-electron chi connectivity index (χ0n) is 14.8. The molecular weight excluding hydrogens is 304 g/mol. The molecule has 2 N–H and O–H groups in total. The predicted molar refractivity (Wildman–Crippen MR) is 97.7 cm³/mol. The number of aryl methyl sites for hydroxylation is 2. The first kappa shape index (κ1) is 17.8. The van der Waals surface area contributed by atoms with Crippen molar-refractivity contribution >= 4 is 23.1 Å². The average Bonchev–Trinajstić information content (AvgIpc) is 2.96. The number of carbonyl (C=O) groups excluding carboxylic acids is 1. The number of amides is 1. The summed E-state index contributed by atoms with van der Waals surface area (Å²) in [6.07, 6.45) is 0.364. The lowest BCUT2D eigenvalue weighted by molar-refractivity contribution is -0.115. The quantitative estimate of drug-likeness (QED) is 0.774. The summed E-state index contributed by atoms with van der Waals surface area (Å²) in [7, 11) is 0. The van der Waals surface area contributed by atoms with Gasteiger partial charge in [0.15, 0.2) is 5.82 Å². The van der Waals surface area contributed by atoms with Gasteiger partial charge in [0, 0.05) is 43.5 Å². The van der Waals surface area contributed by atoms with E-state index in [0.717, 1.165) is 30.1 Å². The van der Waals surface area contributed by atoms with Crippen molar-refractivity contribution in [2.75, 3.05) is 35.2 Å². The van der Waals surface area contributed by atoms with Crippen LogP contribution in [0.1, 0.15) is 31.6 Å². The molecule has 6 heteroatoms. The van der Waals surface area contributed by atoms with E-state index in [1.807, 2.05) is 26.0 Å². The smallest absolute Gasteiger partial charge is 0.226 e. The fourth-order valence-electron chi connectivity index (χ4n) is 2.54. The molecule has 0 radical (unpaired) electrons. The average molecular weight is 330 g/mol. The highest BCUT2D eigenvalue weighted by molar-refractivity contribution is 5.92. The van der Waals surface area contributed by atoms with E-state index >= 15 is 0 Å². The van der Waals surface area contributed by atoms with Crippen molar-refractivity contribution in [2.45, 2.75) is 34.1 Å². The molecule has 0 saturated carbocycles. The van der Waals surface area contributed by atoms with Crippen LogP contribution in [-0.4, -0.2) is 30.7 Å². The van der Waals surface area contributed by atoms with E-state index in [1.54, 1.807) is 6.07 Å². The summed E-state index contributed by atoms with van der Waals surface area (Å²) >= 11 is 0. The Labute approximate surface area is 143 Å². The minimum absolute atomic E-state index is 0.0265. The minimum atomic E-state index is -0.0265. The van der Waals surface area contributed by atoms with Crippen LogP contribution in [-0.2, 0) is 4.79 Å². The second-order valence-corrected chi connectivity index (χ2v) is 5.72. The molecule has 1 aromatic carbocycles. The fraction of sp³-hybridized carbons (Fsp3) is 0.444. The van der Waals surface area contributed by atoms with Gasteiger partial charge < -0.3 is 20.1 Å². The summed E-state index contributed by atoms with van der Waals surface area (Å²) in [6.45, 7) is 10.6. The SMILES string of the molecule is CCN(CC)c1ccc(NC(=O)CCNc2cc(C)on2)c(C)c1. The van der Waals surface area contributed by atoms with Gasteiger partial charge >= 0.3 is 0 Å². The van der Waals surface area contributed by atoms with Gasteiger partial charge in [0.2, 0.25) is 5.91 Å². The molecule has 1 amide bonds. The highest BCUT2D eigenvalue weighted by atomic mass is 16.5. The molecule has 6 nitrogen and oxygen atoms in total. The maximum absolute atomic E-state index is 12.1. The van der Waals surface area contributed by atoms with Gasteiger partial charge in [-0.2, -0.15) is 0 Å². The molecule has 0 unspecified atom stereocenters. The molecule has 0 atom stereocenters. The van der Waals surface area contributed by atoms with Crippen LogP contribution in [0.25, 0.3) is 0 Å². The number of benzene rings is 1. The largest absolute Gasteiger partial charge is 0.372 e. The third kappa shape index (κ3) is 4.75. The number of nitrogens with zero attached hydrogens (tertiary/aromatic N) is 2. The second kappa shape index (κ2) is 8.38. The number of nitrogens with one attached hydrogen (secondary N) is 2. The molecule has 24 heavy (non-hydrogen) atoms. The number of hydrogen-bond donors (Lipinski definition) is 2. The Morgan fingerprint density at radius 1 is 1.21 bits per heavy atom. The normalized spacial score (nSPS) is 10.5. The van der Waals surface area contributed by atoms with E-state index in [-0.39, 0.29) is 5.91 Å². The van der Waals surface area contributed by atoms with E-state index in [1.165, 1.54) is 5.69 Å². The highest BCUT2D eigenvalue weighted by Crippen LogP contribution is 2.22. The van der Waals surface area contributed by atoms with Crippen molar-refractivity contribution in [1.29, 1.82) is 0 Å². The zero-order valence-corrected chi connectivity index (χ0v) is 14.8. The third-order valence-corrected chi connectivity index (χ3v) is 3.90. The van der Waals surface area contributed by atoms with E-state index in [2.05, 4.69) is 40.6 Å². The molecule has 0 aliphatic rings. The van der Waals surface area contributed by atoms with Crippen LogP contribution in [0.5, 0.6) is 0 Å². The van der Waals surface area contributed by atoms with E-state index < -0.39 is 0 Å². The van der Waals surface area contributed by atoms with Crippen molar-refractivity contribution in [3.8, 4) is 0 Å². The van der Waals surface area contributed by atoms with Gasteiger partial charge in [-0.3, -0.25) is 4.79 Å². The lowest BCUT2D eigenvalue weighted by Gasteiger charge is -2.22. The van der Waals surface area contributed by atoms with E-state index in [9.17, 15) is 4.79 Å². The predicted octanol–water partition coefficient (Wildman–Crippen LogP) is 3.58. The third-order valence-electron chi connectivity index (χ3n) is 3.90. The van der Waals surface area contributed by atoms with Crippen molar-refractivity contribution in [2.24, 2.45) is 0 Å². The molecule has 0 fully saturated rings. The fourth-order valence-corrected chi connectivity index (χ4v) is 2.54. The molecule has 0 aliphatic carbocycles. The number of hydrogen-bond acceptors (Lipinski definition) is 5. The Morgan fingerprint density at radius 2 is 1.96 bits per heavy atom. The van der Waals surface area contributed by atoms with Crippen LogP contribution < -0.4 is 15.5 Å². The number of carbonyl (C=O) groups is 1. The summed E-state index contributed by atoms with van der Waals surface area (Å²) in [5, 5.41) is 9.86. The zero-order chi connectivity index (χ0) is 17.5.